The van der Waals surface area contributed by atoms with Crippen molar-refractivity contribution in [2.24, 2.45) is 0 Å². The van der Waals surface area contributed by atoms with Crippen LogP contribution in [-0.2, 0) is 4.79 Å². The summed E-state index contributed by atoms with van der Waals surface area (Å²) in [6.45, 7) is 2.68. The minimum atomic E-state index is -2.99. The number of amides is 2. The van der Waals surface area contributed by atoms with Crippen LogP contribution in [0.1, 0.15) is 35.8 Å². The maximum atomic E-state index is 12.3. The Kier molecular flexibility index (Phi) is 9.68. The van der Waals surface area contributed by atoms with Gasteiger partial charge >= 0.3 is 6.61 Å². The number of nitrogens with zero attached hydrogens (tertiary/aromatic N) is 1. The van der Waals surface area contributed by atoms with Gasteiger partial charge in [-0.3, -0.25) is 14.5 Å². The molecule has 2 amide bonds. The average molecular weight is 454 g/mol. The third-order valence-electron chi connectivity index (χ3n) is 4.74. The highest BCUT2D eigenvalue weighted by molar-refractivity contribution is 6.31. The summed E-state index contributed by atoms with van der Waals surface area (Å²) >= 11 is 6.35. The zero-order valence-electron chi connectivity index (χ0n) is 17.4. The van der Waals surface area contributed by atoms with Crippen LogP contribution in [0.15, 0.2) is 48.5 Å². The summed E-state index contributed by atoms with van der Waals surface area (Å²) < 4.78 is 28.9. The fourth-order valence-electron chi connectivity index (χ4n) is 3.19. The van der Waals surface area contributed by atoms with Crippen LogP contribution in [0.4, 0.5) is 8.78 Å². The molecule has 0 spiro atoms. The van der Waals surface area contributed by atoms with Gasteiger partial charge in [0.1, 0.15) is 5.75 Å². The van der Waals surface area contributed by atoms with Gasteiger partial charge in [-0.15, -0.1) is 0 Å². The summed E-state index contributed by atoms with van der Waals surface area (Å²) in [7, 11) is 0. The molecule has 0 saturated carbocycles. The number of alkyl halides is 2. The van der Waals surface area contributed by atoms with Crippen molar-refractivity contribution < 1.29 is 23.1 Å². The highest BCUT2D eigenvalue weighted by atomic mass is 35.5. The smallest absolute Gasteiger partial charge is 0.387 e. The number of halogens is 3. The molecule has 0 aromatic heterocycles. The van der Waals surface area contributed by atoms with Gasteiger partial charge in [0.15, 0.2) is 0 Å². The van der Waals surface area contributed by atoms with E-state index >= 15 is 0 Å². The van der Waals surface area contributed by atoms with E-state index in [1.165, 1.54) is 24.3 Å². The molecule has 0 aliphatic rings. The van der Waals surface area contributed by atoms with Crippen LogP contribution in [-0.4, -0.2) is 49.5 Å². The topological polar surface area (TPSA) is 70.7 Å². The van der Waals surface area contributed by atoms with E-state index in [0.717, 1.165) is 18.7 Å². The summed E-state index contributed by atoms with van der Waals surface area (Å²) in [5.41, 5.74) is 1.02. The van der Waals surface area contributed by atoms with Crippen LogP contribution >= 0.6 is 11.6 Å². The first-order valence-corrected chi connectivity index (χ1v) is 10.3. The number of carbonyl (C=O) groups excluding carboxylic acids is 2. The Morgan fingerprint density at radius 3 is 2.42 bits per heavy atom. The van der Waals surface area contributed by atoms with E-state index in [-0.39, 0.29) is 29.8 Å². The molecule has 0 fully saturated rings. The molecule has 0 aliphatic heterocycles. The number of rotatable bonds is 11. The maximum absolute atomic E-state index is 12.3. The zero-order chi connectivity index (χ0) is 22.8. The lowest BCUT2D eigenvalue weighted by atomic mass is 10.0. The average Bonchev–Trinajstić information content (AvgIpc) is 2.75. The van der Waals surface area contributed by atoms with Crippen molar-refractivity contribution in [2.45, 2.75) is 26.5 Å². The molecule has 0 bridgehead atoms. The Labute approximate surface area is 185 Å². The van der Waals surface area contributed by atoms with Gasteiger partial charge in [0.05, 0.1) is 12.6 Å². The molecule has 2 rings (SSSR count). The van der Waals surface area contributed by atoms with Crippen molar-refractivity contribution in [3.63, 3.8) is 0 Å². The molecule has 2 aromatic rings. The van der Waals surface area contributed by atoms with Crippen molar-refractivity contribution in [3.05, 3.63) is 64.7 Å². The number of likely N-dealkylation sites (N-methyl/N-ethyl adjacent to an activating group) is 1. The van der Waals surface area contributed by atoms with Crippen molar-refractivity contribution in [2.75, 3.05) is 26.2 Å². The van der Waals surface area contributed by atoms with Gasteiger partial charge in [0, 0.05) is 17.1 Å². The molecule has 31 heavy (non-hydrogen) atoms. The normalized spacial score (nSPS) is 12.0. The molecule has 0 radical (unpaired) electrons. The van der Waals surface area contributed by atoms with E-state index in [0.29, 0.717) is 11.6 Å². The van der Waals surface area contributed by atoms with E-state index in [4.69, 9.17) is 11.6 Å². The largest absolute Gasteiger partial charge is 0.435 e. The highest BCUT2D eigenvalue weighted by Gasteiger charge is 2.21. The molecule has 1 atom stereocenters. The third kappa shape index (κ3) is 7.48. The van der Waals surface area contributed by atoms with E-state index in [2.05, 4.69) is 20.3 Å². The van der Waals surface area contributed by atoms with E-state index < -0.39 is 12.5 Å². The number of hydrogen-bond acceptors (Lipinski definition) is 4. The van der Waals surface area contributed by atoms with Crippen LogP contribution < -0.4 is 15.4 Å². The van der Waals surface area contributed by atoms with Crippen LogP contribution in [0.5, 0.6) is 5.75 Å². The number of carbonyl (C=O) groups is 2. The van der Waals surface area contributed by atoms with Crippen LogP contribution in [0.2, 0.25) is 5.02 Å². The van der Waals surface area contributed by atoms with E-state index in [1.54, 1.807) is 6.07 Å². The van der Waals surface area contributed by atoms with Crippen molar-refractivity contribution >= 4 is 23.4 Å². The minimum Gasteiger partial charge on any atom is -0.435 e. The minimum absolute atomic E-state index is 0.114. The molecular weight excluding hydrogens is 428 g/mol. The Morgan fingerprint density at radius 1 is 1.06 bits per heavy atom. The third-order valence-corrected chi connectivity index (χ3v) is 5.09. The number of ether oxygens (including phenoxy) is 1. The summed E-state index contributed by atoms with van der Waals surface area (Å²) in [5.74, 6) is -1.08. The van der Waals surface area contributed by atoms with E-state index in [9.17, 15) is 18.4 Å². The first-order valence-electron chi connectivity index (χ1n) is 9.93. The molecule has 1 unspecified atom stereocenters. The summed E-state index contributed by atoms with van der Waals surface area (Å²) in [5, 5.41) is 5.92. The van der Waals surface area contributed by atoms with Gasteiger partial charge < -0.3 is 15.4 Å². The van der Waals surface area contributed by atoms with E-state index in [1.807, 2.05) is 32.0 Å². The molecule has 0 saturated heterocycles. The molecular formula is C22H26ClF2N3O3. The lowest BCUT2D eigenvalue weighted by Gasteiger charge is -2.31. The SMILES string of the molecule is CCN(CC)C(CNC(=O)CNC(=O)c1cccc(OC(F)F)c1)c1ccccc1Cl. The zero-order valence-corrected chi connectivity index (χ0v) is 18.2. The lowest BCUT2D eigenvalue weighted by molar-refractivity contribution is -0.120. The first kappa shape index (κ1) is 24.6. The quantitative estimate of drug-likeness (QED) is 0.542. The Morgan fingerprint density at radius 2 is 1.77 bits per heavy atom. The van der Waals surface area contributed by atoms with Gasteiger partial charge in [0.2, 0.25) is 5.91 Å². The first-order chi connectivity index (χ1) is 14.8. The van der Waals surface area contributed by atoms with Crippen molar-refractivity contribution in [3.8, 4) is 5.75 Å². The van der Waals surface area contributed by atoms with Crippen molar-refractivity contribution in [1.29, 1.82) is 0 Å². The predicted octanol–water partition coefficient (Wildman–Crippen LogP) is 3.87. The second kappa shape index (κ2) is 12.2. The summed E-state index contributed by atoms with van der Waals surface area (Å²) in [6, 6.07) is 12.7. The summed E-state index contributed by atoms with van der Waals surface area (Å²) in [4.78, 5) is 26.7. The van der Waals surface area contributed by atoms with Crippen LogP contribution in [0, 0.1) is 0 Å². The Balaban J connectivity index is 1.95. The van der Waals surface area contributed by atoms with Crippen LogP contribution in [0.25, 0.3) is 0 Å². The molecule has 2 aromatic carbocycles. The second-order valence-corrected chi connectivity index (χ2v) is 7.06. The van der Waals surface area contributed by atoms with Crippen molar-refractivity contribution in [1.82, 2.24) is 15.5 Å². The number of nitrogens with one attached hydrogen (secondary N) is 2. The molecule has 9 heteroatoms. The fraction of sp³-hybridized carbons (Fsp3) is 0.364. The summed E-state index contributed by atoms with van der Waals surface area (Å²) in [6.07, 6.45) is 0. The van der Waals surface area contributed by atoms with Gasteiger partial charge in [0.25, 0.3) is 5.91 Å². The molecule has 168 valence electrons. The monoisotopic (exact) mass is 453 g/mol. The standard InChI is InChI=1S/C22H26ClF2N3O3/c1-3-28(4-2)19(17-10-5-6-11-18(17)23)13-26-20(29)14-27-21(30)15-8-7-9-16(12-15)31-22(24)25/h5-12,19,22H,3-4,13-14H2,1-2H3,(H,26,29)(H,27,30). The Hall–Kier alpha value is -2.71. The predicted molar refractivity (Wildman–Crippen MR) is 116 cm³/mol. The molecule has 0 aliphatic carbocycles. The fourth-order valence-corrected chi connectivity index (χ4v) is 3.46. The van der Waals surface area contributed by atoms with Gasteiger partial charge in [-0.25, -0.2) is 0 Å². The molecule has 6 nitrogen and oxygen atoms in total. The Bertz CT molecular complexity index is 879. The highest BCUT2D eigenvalue weighted by Crippen LogP contribution is 2.26. The van der Waals surface area contributed by atoms with Gasteiger partial charge in [-0.05, 0) is 42.9 Å². The number of hydrogen-bond donors (Lipinski definition) is 2. The van der Waals surface area contributed by atoms with Crippen LogP contribution in [0.3, 0.4) is 0 Å². The molecule has 0 heterocycles. The lowest BCUT2D eigenvalue weighted by Crippen LogP contribution is -2.42. The number of benzene rings is 2. The second-order valence-electron chi connectivity index (χ2n) is 6.65. The van der Waals surface area contributed by atoms with Gasteiger partial charge in [-0.2, -0.15) is 8.78 Å². The molecule has 2 N–H and O–H groups in total. The van der Waals surface area contributed by atoms with Gasteiger partial charge in [-0.1, -0.05) is 49.7 Å². The maximum Gasteiger partial charge on any atom is 0.387 e.